The van der Waals surface area contributed by atoms with Crippen molar-refractivity contribution in [1.29, 1.82) is 0 Å². The van der Waals surface area contributed by atoms with E-state index in [1.165, 1.54) is 0 Å². The minimum absolute atomic E-state index is 0.413. The van der Waals surface area contributed by atoms with Crippen molar-refractivity contribution < 1.29 is 0 Å². The predicted octanol–water partition coefficient (Wildman–Crippen LogP) is 5.52. The third-order valence-electron chi connectivity index (χ3n) is 3.08. The Morgan fingerprint density at radius 1 is 0.905 bits per heavy atom. The number of para-hydroxylation sites is 1. The Morgan fingerprint density at radius 3 is 2.48 bits per heavy atom. The molecule has 0 saturated carbocycles. The zero-order valence-corrected chi connectivity index (χ0v) is 13.0. The van der Waals surface area contributed by atoms with Crippen LogP contribution in [0.5, 0.6) is 0 Å². The molecule has 106 valence electrons. The number of hydrogen-bond acceptors (Lipinski definition) is 3. The van der Waals surface area contributed by atoms with Crippen molar-refractivity contribution in [3.63, 3.8) is 0 Å². The molecule has 0 aliphatic heterocycles. The van der Waals surface area contributed by atoms with Gasteiger partial charge in [0.1, 0.15) is 0 Å². The van der Waals surface area contributed by atoms with Crippen molar-refractivity contribution in [2.45, 2.75) is 0 Å². The maximum Gasteiger partial charge on any atom is 0.0951 e. The lowest BCUT2D eigenvalue weighted by molar-refractivity contribution is 1.40. The van der Waals surface area contributed by atoms with Gasteiger partial charge in [-0.25, -0.2) is 0 Å². The third-order valence-corrected chi connectivity index (χ3v) is 4.12. The molecule has 3 aromatic rings. The second-order valence-electron chi connectivity index (χ2n) is 4.47. The van der Waals surface area contributed by atoms with E-state index in [2.05, 4.69) is 10.3 Å². The Morgan fingerprint density at radius 2 is 1.67 bits per heavy atom. The van der Waals surface area contributed by atoms with E-state index in [0.717, 1.165) is 16.6 Å². The SMILES string of the molecule is Nc1cccc2c(Nc3cc(Cl)c(Cl)cc3Cl)ccnc12. The van der Waals surface area contributed by atoms with Crippen molar-refractivity contribution in [1.82, 2.24) is 4.98 Å². The number of anilines is 3. The summed E-state index contributed by atoms with van der Waals surface area (Å²) >= 11 is 18.2. The first-order valence-corrected chi connectivity index (χ1v) is 7.24. The van der Waals surface area contributed by atoms with Crippen LogP contribution in [0.2, 0.25) is 15.1 Å². The fraction of sp³-hybridized carbons (Fsp3) is 0. The van der Waals surface area contributed by atoms with Gasteiger partial charge in [0.2, 0.25) is 0 Å². The molecule has 0 fully saturated rings. The molecule has 0 saturated heterocycles. The number of halogens is 3. The Labute approximate surface area is 136 Å². The van der Waals surface area contributed by atoms with E-state index in [0.29, 0.717) is 26.4 Å². The van der Waals surface area contributed by atoms with Crippen LogP contribution in [-0.2, 0) is 0 Å². The number of hydrogen-bond donors (Lipinski definition) is 2. The molecule has 2 aromatic carbocycles. The molecule has 0 bridgehead atoms. The van der Waals surface area contributed by atoms with Gasteiger partial charge in [0.25, 0.3) is 0 Å². The maximum absolute atomic E-state index is 6.19. The van der Waals surface area contributed by atoms with Gasteiger partial charge in [0, 0.05) is 17.3 Å². The van der Waals surface area contributed by atoms with Gasteiger partial charge in [-0.05, 0) is 24.3 Å². The van der Waals surface area contributed by atoms with Crippen LogP contribution in [0.25, 0.3) is 10.9 Å². The van der Waals surface area contributed by atoms with Crippen molar-refractivity contribution in [2.24, 2.45) is 0 Å². The van der Waals surface area contributed by atoms with E-state index in [9.17, 15) is 0 Å². The molecule has 3 nitrogen and oxygen atoms in total. The number of pyridine rings is 1. The molecule has 3 N–H and O–H groups in total. The number of fused-ring (bicyclic) bond motifs is 1. The topological polar surface area (TPSA) is 50.9 Å². The molecule has 0 spiro atoms. The molecule has 0 aliphatic rings. The third kappa shape index (κ3) is 2.72. The number of nitrogens with two attached hydrogens (primary N) is 1. The van der Waals surface area contributed by atoms with E-state index in [4.69, 9.17) is 40.5 Å². The molecular weight excluding hydrogens is 329 g/mol. The van der Waals surface area contributed by atoms with Gasteiger partial charge >= 0.3 is 0 Å². The molecule has 0 aliphatic carbocycles. The maximum atomic E-state index is 6.19. The van der Waals surface area contributed by atoms with Crippen LogP contribution in [0.1, 0.15) is 0 Å². The highest BCUT2D eigenvalue weighted by Gasteiger charge is 2.09. The average Bonchev–Trinajstić information content (AvgIpc) is 2.46. The van der Waals surface area contributed by atoms with Crippen LogP contribution >= 0.6 is 34.8 Å². The van der Waals surface area contributed by atoms with Gasteiger partial charge < -0.3 is 11.1 Å². The van der Waals surface area contributed by atoms with E-state index in [1.807, 2.05) is 24.3 Å². The number of nitrogens with one attached hydrogen (secondary N) is 1. The quantitative estimate of drug-likeness (QED) is 0.478. The molecule has 1 heterocycles. The first-order valence-electron chi connectivity index (χ1n) is 6.11. The average molecular weight is 339 g/mol. The van der Waals surface area contributed by atoms with Gasteiger partial charge in [-0.3, -0.25) is 4.98 Å². The van der Waals surface area contributed by atoms with Crippen LogP contribution in [0.3, 0.4) is 0 Å². The monoisotopic (exact) mass is 337 g/mol. The molecule has 0 amide bonds. The number of nitrogen functional groups attached to an aromatic ring is 1. The highest BCUT2D eigenvalue weighted by molar-refractivity contribution is 6.44. The van der Waals surface area contributed by atoms with E-state index in [1.54, 1.807) is 18.3 Å². The van der Waals surface area contributed by atoms with Crippen LogP contribution in [0.4, 0.5) is 17.1 Å². The van der Waals surface area contributed by atoms with E-state index >= 15 is 0 Å². The summed E-state index contributed by atoms with van der Waals surface area (Å²) in [4.78, 5) is 4.29. The summed E-state index contributed by atoms with van der Waals surface area (Å²) in [5.74, 6) is 0. The molecule has 0 atom stereocenters. The van der Waals surface area contributed by atoms with Crippen LogP contribution in [0.15, 0.2) is 42.6 Å². The van der Waals surface area contributed by atoms with Crippen molar-refractivity contribution in [3.05, 3.63) is 57.7 Å². The highest BCUT2D eigenvalue weighted by atomic mass is 35.5. The number of aromatic nitrogens is 1. The fourth-order valence-electron chi connectivity index (χ4n) is 2.07. The number of nitrogens with zero attached hydrogens (tertiary/aromatic N) is 1. The van der Waals surface area contributed by atoms with Crippen LogP contribution < -0.4 is 11.1 Å². The number of rotatable bonds is 2. The molecule has 21 heavy (non-hydrogen) atoms. The molecule has 0 unspecified atom stereocenters. The fourth-order valence-corrected chi connectivity index (χ4v) is 2.67. The van der Waals surface area contributed by atoms with Crippen molar-refractivity contribution in [2.75, 3.05) is 11.1 Å². The Hall–Kier alpha value is -1.68. The summed E-state index contributed by atoms with van der Waals surface area (Å²) < 4.78 is 0. The van der Waals surface area contributed by atoms with Gasteiger partial charge in [-0.15, -0.1) is 0 Å². The largest absolute Gasteiger partial charge is 0.397 e. The summed E-state index contributed by atoms with van der Waals surface area (Å²) in [7, 11) is 0. The summed E-state index contributed by atoms with van der Waals surface area (Å²) in [5, 5.41) is 5.47. The van der Waals surface area contributed by atoms with Crippen molar-refractivity contribution in [3.8, 4) is 0 Å². The summed E-state index contributed by atoms with van der Waals surface area (Å²) in [6.45, 7) is 0. The molecule has 6 heteroatoms. The first kappa shape index (κ1) is 14.3. The predicted molar refractivity (Wildman–Crippen MR) is 90.9 cm³/mol. The van der Waals surface area contributed by atoms with Crippen LogP contribution in [-0.4, -0.2) is 4.98 Å². The first-order chi connectivity index (χ1) is 10.1. The zero-order valence-electron chi connectivity index (χ0n) is 10.7. The van der Waals surface area contributed by atoms with Crippen molar-refractivity contribution >= 4 is 62.8 Å². The van der Waals surface area contributed by atoms with Gasteiger partial charge in [-0.2, -0.15) is 0 Å². The van der Waals surface area contributed by atoms with E-state index < -0.39 is 0 Å². The molecular formula is C15H10Cl3N3. The Bertz CT molecular complexity index is 834. The van der Waals surface area contributed by atoms with Gasteiger partial charge in [0.05, 0.1) is 32.0 Å². The summed E-state index contributed by atoms with van der Waals surface area (Å²) in [5.41, 5.74) is 8.80. The molecule has 0 radical (unpaired) electrons. The normalized spacial score (nSPS) is 10.8. The highest BCUT2D eigenvalue weighted by Crippen LogP contribution is 2.35. The smallest absolute Gasteiger partial charge is 0.0951 e. The van der Waals surface area contributed by atoms with Gasteiger partial charge in [0.15, 0.2) is 0 Å². The Kier molecular flexibility index (Phi) is 3.81. The Balaban J connectivity index is 2.11. The minimum atomic E-state index is 0.413. The van der Waals surface area contributed by atoms with E-state index in [-0.39, 0.29) is 0 Å². The lowest BCUT2D eigenvalue weighted by Gasteiger charge is -2.12. The van der Waals surface area contributed by atoms with Crippen LogP contribution in [0, 0.1) is 0 Å². The standard InChI is InChI=1S/C15H10Cl3N3/c16-9-6-11(18)14(7-10(9)17)21-13-4-5-20-15-8(13)2-1-3-12(15)19/h1-7H,19H2,(H,20,21). The second kappa shape index (κ2) is 5.60. The lowest BCUT2D eigenvalue weighted by Crippen LogP contribution is -1.96. The molecule has 1 aromatic heterocycles. The molecule has 3 rings (SSSR count). The summed E-state index contributed by atoms with van der Waals surface area (Å²) in [6, 6.07) is 10.8. The summed E-state index contributed by atoms with van der Waals surface area (Å²) in [6.07, 6.45) is 1.69. The minimum Gasteiger partial charge on any atom is -0.397 e. The number of benzene rings is 2. The lowest BCUT2D eigenvalue weighted by atomic mass is 10.1. The second-order valence-corrected chi connectivity index (χ2v) is 5.69. The zero-order chi connectivity index (χ0) is 15.0. The van der Waals surface area contributed by atoms with Gasteiger partial charge in [-0.1, -0.05) is 46.9 Å².